The van der Waals surface area contributed by atoms with E-state index in [4.69, 9.17) is 4.74 Å². The molecule has 7 heteroatoms. The second-order valence-corrected chi connectivity index (χ2v) is 5.45. The van der Waals surface area contributed by atoms with Crippen LogP contribution in [0.2, 0.25) is 0 Å². The first-order valence-corrected chi connectivity index (χ1v) is 7.69. The maximum Gasteiger partial charge on any atom is 0.224 e. The second-order valence-electron chi connectivity index (χ2n) is 5.45. The SMILES string of the molecule is Cn1nccc1CCNc1nccc(N[C@@H]2CCCOC2)n1. The van der Waals surface area contributed by atoms with Crippen LogP contribution in [0, 0.1) is 0 Å². The second kappa shape index (κ2) is 7.22. The van der Waals surface area contributed by atoms with Gasteiger partial charge in [0, 0.05) is 44.7 Å². The van der Waals surface area contributed by atoms with Crippen LogP contribution < -0.4 is 10.6 Å². The van der Waals surface area contributed by atoms with Crippen molar-refractivity contribution in [3.05, 3.63) is 30.2 Å². The van der Waals surface area contributed by atoms with E-state index in [2.05, 4.69) is 25.7 Å². The van der Waals surface area contributed by atoms with E-state index in [0.29, 0.717) is 12.0 Å². The van der Waals surface area contributed by atoms with E-state index in [-0.39, 0.29) is 0 Å². The summed E-state index contributed by atoms with van der Waals surface area (Å²) in [5.41, 5.74) is 1.18. The van der Waals surface area contributed by atoms with Crippen molar-refractivity contribution in [1.29, 1.82) is 0 Å². The molecule has 1 atom stereocenters. The topological polar surface area (TPSA) is 76.9 Å². The molecule has 7 nitrogen and oxygen atoms in total. The number of anilines is 2. The van der Waals surface area contributed by atoms with Crippen LogP contribution in [-0.4, -0.2) is 45.5 Å². The molecular formula is C15H22N6O. The van der Waals surface area contributed by atoms with E-state index < -0.39 is 0 Å². The van der Waals surface area contributed by atoms with E-state index in [9.17, 15) is 0 Å². The third kappa shape index (κ3) is 3.94. The minimum absolute atomic E-state index is 0.339. The number of hydrogen-bond donors (Lipinski definition) is 2. The summed E-state index contributed by atoms with van der Waals surface area (Å²) in [5, 5.41) is 10.8. The summed E-state index contributed by atoms with van der Waals surface area (Å²) in [6.45, 7) is 2.38. The van der Waals surface area contributed by atoms with Crippen LogP contribution in [0.25, 0.3) is 0 Å². The summed E-state index contributed by atoms with van der Waals surface area (Å²) >= 11 is 0. The maximum absolute atomic E-state index is 5.47. The third-order valence-electron chi connectivity index (χ3n) is 3.75. The molecule has 2 aromatic heterocycles. The largest absolute Gasteiger partial charge is 0.379 e. The lowest BCUT2D eigenvalue weighted by Crippen LogP contribution is -2.30. The normalized spacial score (nSPS) is 18.1. The highest BCUT2D eigenvalue weighted by Crippen LogP contribution is 2.13. The van der Waals surface area contributed by atoms with Crippen LogP contribution in [0.5, 0.6) is 0 Å². The van der Waals surface area contributed by atoms with Crippen LogP contribution in [-0.2, 0) is 18.2 Å². The van der Waals surface area contributed by atoms with Gasteiger partial charge in [0.2, 0.25) is 5.95 Å². The van der Waals surface area contributed by atoms with Gasteiger partial charge < -0.3 is 15.4 Å². The summed E-state index contributed by atoms with van der Waals surface area (Å²) in [7, 11) is 1.95. The number of nitrogens with one attached hydrogen (secondary N) is 2. The van der Waals surface area contributed by atoms with E-state index >= 15 is 0 Å². The molecule has 1 aliphatic rings. The van der Waals surface area contributed by atoms with Gasteiger partial charge in [0.25, 0.3) is 0 Å². The fourth-order valence-electron chi connectivity index (χ4n) is 2.54. The summed E-state index contributed by atoms with van der Waals surface area (Å²) in [5.74, 6) is 1.48. The molecule has 0 radical (unpaired) electrons. The molecule has 1 aliphatic heterocycles. The van der Waals surface area contributed by atoms with Crippen LogP contribution in [0.3, 0.4) is 0 Å². The van der Waals surface area contributed by atoms with E-state index in [0.717, 1.165) is 44.8 Å². The van der Waals surface area contributed by atoms with Gasteiger partial charge in [-0.25, -0.2) is 4.98 Å². The smallest absolute Gasteiger partial charge is 0.224 e. The Hall–Kier alpha value is -2.15. The Kier molecular flexibility index (Phi) is 4.85. The maximum atomic E-state index is 5.47. The molecular weight excluding hydrogens is 280 g/mol. The van der Waals surface area contributed by atoms with Gasteiger partial charge in [0.1, 0.15) is 5.82 Å². The number of rotatable bonds is 6. The Morgan fingerprint density at radius 3 is 3.09 bits per heavy atom. The molecule has 0 unspecified atom stereocenters. The predicted molar refractivity (Wildman–Crippen MR) is 84.9 cm³/mol. The predicted octanol–water partition coefficient (Wildman–Crippen LogP) is 1.46. The van der Waals surface area contributed by atoms with Crippen LogP contribution in [0.1, 0.15) is 18.5 Å². The lowest BCUT2D eigenvalue weighted by atomic mass is 10.1. The number of ether oxygens (including phenoxy) is 1. The van der Waals surface area contributed by atoms with Gasteiger partial charge in [0.05, 0.1) is 12.6 Å². The fraction of sp³-hybridized carbons (Fsp3) is 0.533. The van der Waals surface area contributed by atoms with Crippen LogP contribution >= 0.6 is 0 Å². The zero-order chi connectivity index (χ0) is 15.2. The van der Waals surface area contributed by atoms with Crippen molar-refractivity contribution in [3.8, 4) is 0 Å². The number of nitrogens with zero attached hydrogens (tertiary/aromatic N) is 4. The van der Waals surface area contributed by atoms with Crippen molar-refractivity contribution in [3.63, 3.8) is 0 Å². The minimum Gasteiger partial charge on any atom is -0.379 e. The first-order valence-electron chi connectivity index (χ1n) is 7.69. The molecule has 0 spiro atoms. The first kappa shape index (κ1) is 14.8. The standard InChI is InChI=1S/C15H22N6O/c1-21-13(5-9-18-21)4-7-16-15-17-8-6-14(20-15)19-12-3-2-10-22-11-12/h5-6,8-9,12H,2-4,7,10-11H2,1H3,(H2,16,17,19,20)/t12-/m1/s1. The first-order chi connectivity index (χ1) is 10.8. The van der Waals surface area contributed by atoms with Crippen molar-refractivity contribution < 1.29 is 4.74 Å². The summed E-state index contributed by atoms with van der Waals surface area (Å²) < 4.78 is 7.35. The molecule has 0 aromatic carbocycles. The number of aromatic nitrogens is 4. The van der Waals surface area contributed by atoms with E-state index in [1.165, 1.54) is 5.69 Å². The molecule has 3 heterocycles. The van der Waals surface area contributed by atoms with Crippen LogP contribution in [0.4, 0.5) is 11.8 Å². The Morgan fingerprint density at radius 1 is 1.36 bits per heavy atom. The number of aryl methyl sites for hydroxylation is 1. The quantitative estimate of drug-likeness (QED) is 0.841. The van der Waals surface area contributed by atoms with Gasteiger partial charge in [-0.05, 0) is 25.0 Å². The highest BCUT2D eigenvalue weighted by atomic mass is 16.5. The molecule has 2 N–H and O–H groups in total. The molecule has 0 saturated carbocycles. The average molecular weight is 302 g/mol. The van der Waals surface area contributed by atoms with Crippen LogP contribution in [0.15, 0.2) is 24.5 Å². The van der Waals surface area contributed by atoms with Crippen molar-refractivity contribution in [1.82, 2.24) is 19.7 Å². The van der Waals surface area contributed by atoms with E-state index in [1.807, 2.05) is 30.1 Å². The molecule has 1 saturated heterocycles. The number of hydrogen-bond acceptors (Lipinski definition) is 6. The Bertz CT molecular complexity index is 593. The molecule has 1 fully saturated rings. The zero-order valence-corrected chi connectivity index (χ0v) is 12.8. The average Bonchev–Trinajstić information content (AvgIpc) is 2.94. The molecule has 0 amide bonds. The summed E-state index contributed by atoms with van der Waals surface area (Å²) in [4.78, 5) is 8.75. The highest BCUT2D eigenvalue weighted by molar-refractivity contribution is 5.40. The van der Waals surface area contributed by atoms with Gasteiger partial charge in [-0.3, -0.25) is 4.68 Å². The Balaban J connectivity index is 1.51. The molecule has 22 heavy (non-hydrogen) atoms. The summed E-state index contributed by atoms with van der Waals surface area (Å²) in [6.07, 6.45) is 6.67. The van der Waals surface area contributed by atoms with E-state index in [1.54, 1.807) is 6.20 Å². The zero-order valence-electron chi connectivity index (χ0n) is 12.8. The molecule has 2 aromatic rings. The molecule has 118 valence electrons. The minimum atomic E-state index is 0.339. The summed E-state index contributed by atoms with van der Waals surface area (Å²) in [6, 6.07) is 4.25. The van der Waals surface area contributed by atoms with Gasteiger partial charge in [-0.1, -0.05) is 0 Å². The van der Waals surface area contributed by atoms with Crippen molar-refractivity contribution >= 4 is 11.8 Å². The third-order valence-corrected chi connectivity index (χ3v) is 3.75. The van der Waals surface area contributed by atoms with Gasteiger partial charge >= 0.3 is 0 Å². The van der Waals surface area contributed by atoms with Crippen molar-refractivity contribution in [2.45, 2.75) is 25.3 Å². The van der Waals surface area contributed by atoms with Crippen molar-refractivity contribution in [2.24, 2.45) is 7.05 Å². The molecule has 0 bridgehead atoms. The lowest BCUT2D eigenvalue weighted by Gasteiger charge is -2.23. The van der Waals surface area contributed by atoms with Gasteiger partial charge in [-0.15, -0.1) is 0 Å². The Labute approximate surface area is 130 Å². The fourth-order valence-corrected chi connectivity index (χ4v) is 2.54. The Morgan fingerprint density at radius 2 is 2.32 bits per heavy atom. The molecule has 3 rings (SSSR count). The van der Waals surface area contributed by atoms with Crippen molar-refractivity contribution in [2.75, 3.05) is 30.4 Å². The molecule has 0 aliphatic carbocycles. The van der Waals surface area contributed by atoms with Gasteiger partial charge in [-0.2, -0.15) is 10.1 Å². The van der Waals surface area contributed by atoms with Gasteiger partial charge in [0.15, 0.2) is 0 Å². The highest BCUT2D eigenvalue weighted by Gasteiger charge is 2.14. The monoisotopic (exact) mass is 302 g/mol. The lowest BCUT2D eigenvalue weighted by molar-refractivity contribution is 0.0875.